The van der Waals surface area contributed by atoms with Gasteiger partial charge in [-0.25, -0.2) is 4.99 Å². The summed E-state index contributed by atoms with van der Waals surface area (Å²) in [5.74, 6) is 0.393. The van der Waals surface area contributed by atoms with Gasteiger partial charge < -0.3 is 15.2 Å². The summed E-state index contributed by atoms with van der Waals surface area (Å²) in [6.07, 6.45) is 5.64. The molecule has 0 fully saturated rings. The third kappa shape index (κ3) is 5.81. The molecule has 0 saturated carbocycles. The Hall–Kier alpha value is -2.36. The van der Waals surface area contributed by atoms with Gasteiger partial charge in [0.2, 0.25) is 0 Å². The average molecular weight is 509 g/mol. The predicted molar refractivity (Wildman–Crippen MR) is 125 cm³/mol. The number of halogens is 1. The fourth-order valence-corrected chi connectivity index (χ4v) is 3.21. The quantitative estimate of drug-likeness (QED) is 0.189. The van der Waals surface area contributed by atoms with Gasteiger partial charge in [0, 0.05) is 39.1 Å². The van der Waals surface area contributed by atoms with E-state index in [2.05, 4.69) is 27.9 Å². The van der Waals surface area contributed by atoms with Crippen molar-refractivity contribution in [2.75, 3.05) is 19.6 Å². The van der Waals surface area contributed by atoms with Gasteiger partial charge in [0.15, 0.2) is 5.96 Å². The topological polar surface area (TPSA) is 78.7 Å². The second-order valence-electron chi connectivity index (χ2n) is 6.82. The third-order valence-electron chi connectivity index (χ3n) is 4.64. The summed E-state index contributed by atoms with van der Waals surface area (Å²) >= 11 is 0. The molecule has 8 heteroatoms. The highest BCUT2D eigenvalue weighted by molar-refractivity contribution is 14.0. The van der Waals surface area contributed by atoms with Crippen molar-refractivity contribution >= 4 is 41.8 Å². The van der Waals surface area contributed by atoms with Crippen LogP contribution in [0.2, 0.25) is 0 Å². The maximum atomic E-state index is 12.3. The molecule has 2 N–H and O–H groups in total. The first-order valence-corrected chi connectivity index (χ1v) is 9.68. The summed E-state index contributed by atoms with van der Waals surface area (Å²) in [6.45, 7) is 4.60. The number of aliphatic imine (C=N–C) groups is 1. The van der Waals surface area contributed by atoms with Crippen LogP contribution in [0, 0.1) is 0 Å². The summed E-state index contributed by atoms with van der Waals surface area (Å²) in [5, 5.41) is 6.54. The van der Waals surface area contributed by atoms with E-state index < -0.39 is 0 Å². The van der Waals surface area contributed by atoms with Gasteiger partial charge in [0.1, 0.15) is 0 Å². The van der Waals surface area contributed by atoms with E-state index in [1.165, 1.54) is 4.90 Å². The average Bonchev–Trinajstić information content (AvgIpc) is 3.22. The Labute approximate surface area is 188 Å². The fourth-order valence-electron chi connectivity index (χ4n) is 3.21. The molecule has 2 heterocycles. The first-order chi connectivity index (χ1) is 13.6. The molecule has 2 amide bonds. The second kappa shape index (κ2) is 11.0. The first-order valence-electron chi connectivity index (χ1n) is 9.68. The van der Waals surface area contributed by atoms with Crippen molar-refractivity contribution in [2.24, 2.45) is 12.0 Å². The highest BCUT2D eigenvalue weighted by Gasteiger charge is 2.34. The lowest BCUT2D eigenvalue weighted by Crippen LogP contribution is -2.38. The zero-order chi connectivity index (χ0) is 19.9. The molecule has 2 aromatic rings. The van der Waals surface area contributed by atoms with E-state index in [0.29, 0.717) is 24.2 Å². The maximum Gasteiger partial charge on any atom is 0.261 e. The lowest BCUT2D eigenvalue weighted by Gasteiger charge is -2.14. The number of benzene rings is 1. The molecular weight excluding hydrogens is 481 g/mol. The van der Waals surface area contributed by atoms with Crippen LogP contribution in [0.5, 0.6) is 0 Å². The number of carbonyl (C=O) groups is 2. The molecule has 156 valence electrons. The van der Waals surface area contributed by atoms with Crippen LogP contribution in [0.25, 0.3) is 0 Å². The molecule has 0 spiro atoms. The molecule has 0 atom stereocenters. The van der Waals surface area contributed by atoms with Crippen LogP contribution in [0.15, 0.2) is 47.7 Å². The van der Waals surface area contributed by atoms with Gasteiger partial charge in [0.25, 0.3) is 11.8 Å². The number of rotatable bonds is 8. The SMILES string of the molecule is CCNC(=NCc1ccn(C)c1)NCCCCN1C(=O)c2ccccc2C1=O.I. The Bertz CT molecular complexity index is 842. The number of carbonyl (C=O) groups excluding carboxylic acids is 2. The molecule has 1 aliphatic heterocycles. The molecule has 7 nitrogen and oxygen atoms in total. The Morgan fingerprint density at radius 3 is 2.31 bits per heavy atom. The van der Waals surface area contributed by atoms with Gasteiger partial charge in [-0.3, -0.25) is 14.5 Å². The second-order valence-corrected chi connectivity index (χ2v) is 6.82. The molecule has 1 aromatic carbocycles. The number of hydrogen-bond acceptors (Lipinski definition) is 3. The first kappa shape index (κ1) is 22.9. The maximum absolute atomic E-state index is 12.3. The number of unbranched alkanes of at least 4 members (excludes halogenated alkanes) is 1. The van der Waals surface area contributed by atoms with Gasteiger partial charge in [-0.1, -0.05) is 12.1 Å². The van der Waals surface area contributed by atoms with Gasteiger partial charge in [-0.15, -0.1) is 24.0 Å². The molecule has 0 saturated heterocycles. The van der Waals surface area contributed by atoms with E-state index in [1.54, 1.807) is 24.3 Å². The van der Waals surface area contributed by atoms with Gasteiger partial charge in [0.05, 0.1) is 17.7 Å². The van der Waals surface area contributed by atoms with Crippen LogP contribution in [-0.4, -0.2) is 46.9 Å². The summed E-state index contributed by atoms with van der Waals surface area (Å²) in [7, 11) is 1.99. The molecule has 3 rings (SSSR count). The Kier molecular flexibility index (Phi) is 8.69. The standard InChI is InChI=1S/C21H27N5O2.HI/c1-3-22-21(24-14-16-10-13-25(2)15-16)23-11-6-7-12-26-19(27)17-8-4-5-9-18(17)20(26)28;/h4-5,8-10,13,15H,3,6-7,11-12,14H2,1-2H3,(H2,22,23,24);1H. The lowest BCUT2D eigenvalue weighted by molar-refractivity contribution is 0.0652. The minimum Gasteiger partial charge on any atom is -0.357 e. The predicted octanol–water partition coefficient (Wildman–Crippen LogP) is 2.77. The minimum absolute atomic E-state index is 0. The van der Waals surface area contributed by atoms with Crippen LogP contribution < -0.4 is 10.6 Å². The molecule has 1 aliphatic rings. The summed E-state index contributed by atoms with van der Waals surface area (Å²) in [6, 6.07) is 9.05. The number of fused-ring (bicyclic) bond motifs is 1. The van der Waals surface area contributed by atoms with E-state index in [1.807, 2.05) is 24.7 Å². The molecule has 29 heavy (non-hydrogen) atoms. The number of nitrogens with zero attached hydrogens (tertiary/aromatic N) is 3. The Morgan fingerprint density at radius 1 is 1.03 bits per heavy atom. The normalized spacial score (nSPS) is 13.3. The Balaban J connectivity index is 0.00000300. The summed E-state index contributed by atoms with van der Waals surface area (Å²) in [4.78, 5) is 30.6. The Morgan fingerprint density at radius 2 is 1.72 bits per heavy atom. The summed E-state index contributed by atoms with van der Waals surface area (Å²) < 4.78 is 2.00. The molecular formula is C21H28IN5O2. The number of amides is 2. The van der Waals surface area contributed by atoms with Crippen molar-refractivity contribution in [3.63, 3.8) is 0 Å². The minimum atomic E-state index is -0.189. The molecule has 0 unspecified atom stereocenters. The number of guanidine groups is 1. The highest BCUT2D eigenvalue weighted by Crippen LogP contribution is 2.22. The zero-order valence-electron chi connectivity index (χ0n) is 16.9. The van der Waals surface area contributed by atoms with E-state index >= 15 is 0 Å². The van der Waals surface area contributed by atoms with E-state index in [4.69, 9.17) is 0 Å². The van der Waals surface area contributed by atoms with Gasteiger partial charge in [-0.05, 0) is 43.5 Å². The molecule has 0 bridgehead atoms. The zero-order valence-corrected chi connectivity index (χ0v) is 19.2. The highest BCUT2D eigenvalue weighted by atomic mass is 127. The van der Waals surface area contributed by atoms with Crippen LogP contribution in [-0.2, 0) is 13.6 Å². The molecule has 0 radical (unpaired) electrons. The van der Waals surface area contributed by atoms with Crippen LogP contribution in [0.3, 0.4) is 0 Å². The van der Waals surface area contributed by atoms with Crippen LogP contribution >= 0.6 is 24.0 Å². The van der Waals surface area contributed by atoms with E-state index in [-0.39, 0.29) is 35.8 Å². The number of imide groups is 1. The number of hydrogen-bond donors (Lipinski definition) is 2. The smallest absolute Gasteiger partial charge is 0.261 e. The van der Waals surface area contributed by atoms with Gasteiger partial charge >= 0.3 is 0 Å². The van der Waals surface area contributed by atoms with Crippen molar-refractivity contribution in [1.29, 1.82) is 0 Å². The lowest BCUT2D eigenvalue weighted by atomic mass is 10.1. The number of aryl methyl sites for hydroxylation is 1. The van der Waals surface area contributed by atoms with Crippen LogP contribution in [0.4, 0.5) is 0 Å². The van der Waals surface area contributed by atoms with Crippen molar-refractivity contribution in [2.45, 2.75) is 26.3 Å². The largest absolute Gasteiger partial charge is 0.357 e. The van der Waals surface area contributed by atoms with Crippen molar-refractivity contribution in [3.05, 3.63) is 59.4 Å². The van der Waals surface area contributed by atoms with E-state index in [9.17, 15) is 9.59 Å². The van der Waals surface area contributed by atoms with E-state index in [0.717, 1.165) is 37.5 Å². The fraction of sp³-hybridized carbons (Fsp3) is 0.381. The van der Waals surface area contributed by atoms with Crippen molar-refractivity contribution in [1.82, 2.24) is 20.1 Å². The number of aromatic nitrogens is 1. The van der Waals surface area contributed by atoms with Gasteiger partial charge in [-0.2, -0.15) is 0 Å². The molecule has 1 aromatic heterocycles. The third-order valence-corrected chi connectivity index (χ3v) is 4.64. The summed E-state index contributed by atoms with van der Waals surface area (Å²) in [5.41, 5.74) is 2.17. The molecule has 0 aliphatic carbocycles. The van der Waals surface area contributed by atoms with Crippen LogP contribution in [0.1, 0.15) is 46.0 Å². The van der Waals surface area contributed by atoms with Crippen molar-refractivity contribution < 1.29 is 9.59 Å². The monoisotopic (exact) mass is 509 g/mol. The van der Waals surface area contributed by atoms with Crippen molar-refractivity contribution in [3.8, 4) is 0 Å². The number of nitrogens with one attached hydrogen (secondary N) is 2.